The van der Waals surface area contributed by atoms with Crippen LogP contribution in [0.1, 0.15) is 32.2 Å². The number of hydrazine groups is 1. The molecule has 0 saturated carbocycles. The smallest absolute Gasteiger partial charge is 0.145 e. The van der Waals surface area contributed by atoms with E-state index in [0.29, 0.717) is 12.4 Å². The van der Waals surface area contributed by atoms with Gasteiger partial charge in [0.2, 0.25) is 0 Å². The van der Waals surface area contributed by atoms with Crippen LogP contribution in [-0.4, -0.2) is 15.0 Å². The highest BCUT2D eigenvalue weighted by molar-refractivity contribution is 5.47. The maximum Gasteiger partial charge on any atom is 0.145 e. The third-order valence-electron chi connectivity index (χ3n) is 2.74. The molecule has 0 aliphatic heterocycles. The third kappa shape index (κ3) is 3.64. The van der Waals surface area contributed by atoms with Gasteiger partial charge in [0.1, 0.15) is 17.5 Å². The quantitative estimate of drug-likeness (QED) is 0.583. The summed E-state index contributed by atoms with van der Waals surface area (Å²) >= 11 is 0. The highest BCUT2D eigenvalue weighted by Gasteiger charge is 2.19. The molecule has 20 heavy (non-hydrogen) atoms. The molecule has 4 N–H and O–H groups in total. The molecule has 0 aromatic carbocycles. The van der Waals surface area contributed by atoms with Gasteiger partial charge in [-0.1, -0.05) is 26.8 Å². The molecule has 0 aliphatic rings. The minimum atomic E-state index is -0.141. The van der Waals surface area contributed by atoms with E-state index in [0.717, 1.165) is 17.2 Å². The first-order chi connectivity index (χ1) is 9.49. The minimum Gasteiger partial charge on any atom is -0.366 e. The molecule has 0 atom stereocenters. The second-order valence-corrected chi connectivity index (χ2v) is 5.57. The molecular formula is C14H20N6. The lowest BCUT2D eigenvalue weighted by Crippen LogP contribution is -2.20. The van der Waals surface area contributed by atoms with Crippen LogP contribution in [0.25, 0.3) is 0 Å². The largest absolute Gasteiger partial charge is 0.366 e. The number of aromatic nitrogens is 3. The van der Waals surface area contributed by atoms with Gasteiger partial charge in [-0.15, -0.1) is 0 Å². The minimum absolute atomic E-state index is 0.141. The molecule has 2 aromatic rings. The molecule has 2 rings (SSSR count). The predicted octanol–water partition coefficient (Wildman–Crippen LogP) is 2.07. The molecule has 0 aliphatic carbocycles. The molecule has 6 nitrogen and oxygen atoms in total. The Morgan fingerprint density at radius 3 is 2.55 bits per heavy atom. The van der Waals surface area contributed by atoms with Crippen LogP contribution in [0.3, 0.4) is 0 Å². The summed E-state index contributed by atoms with van der Waals surface area (Å²) in [6.07, 6.45) is 3.57. The normalized spacial score (nSPS) is 11.2. The van der Waals surface area contributed by atoms with Crippen LogP contribution in [-0.2, 0) is 12.0 Å². The van der Waals surface area contributed by atoms with Crippen LogP contribution in [0.15, 0.2) is 30.6 Å². The SMILES string of the molecule is CC(C)(C)c1nc(NN)cc(NCc2cccnc2)n1. The Morgan fingerprint density at radius 2 is 1.95 bits per heavy atom. The van der Waals surface area contributed by atoms with Crippen molar-refractivity contribution >= 4 is 11.6 Å². The number of nitrogen functional groups attached to an aromatic ring is 1. The van der Waals surface area contributed by atoms with Crippen molar-refractivity contribution < 1.29 is 0 Å². The topological polar surface area (TPSA) is 88.8 Å². The second kappa shape index (κ2) is 5.83. The van der Waals surface area contributed by atoms with Gasteiger partial charge >= 0.3 is 0 Å². The third-order valence-corrected chi connectivity index (χ3v) is 2.74. The van der Waals surface area contributed by atoms with Gasteiger partial charge in [-0.25, -0.2) is 15.8 Å². The predicted molar refractivity (Wildman–Crippen MR) is 80.1 cm³/mol. The summed E-state index contributed by atoms with van der Waals surface area (Å²) in [5, 5.41) is 3.26. The van der Waals surface area contributed by atoms with Gasteiger partial charge in [0.05, 0.1) is 0 Å². The molecule has 0 bridgehead atoms. The lowest BCUT2D eigenvalue weighted by molar-refractivity contribution is 0.546. The average Bonchev–Trinajstić information content (AvgIpc) is 2.45. The highest BCUT2D eigenvalue weighted by Crippen LogP contribution is 2.22. The average molecular weight is 272 g/mol. The van der Waals surface area contributed by atoms with E-state index in [1.54, 1.807) is 12.3 Å². The van der Waals surface area contributed by atoms with Crippen LogP contribution in [0.2, 0.25) is 0 Å². The van der Waals surface area contributed by atoms with Crippen molar-refractivity contribution in [3.05, 3.63) is 42.0 Å². The van der Waals surface area contributed by atoms with E-state index in [2.05, 4.69) is 46.5 Å². The first kappa shape index (κ1) is 14.2. The monoisotopic (exact) mass is 272 g/mol. The van der Waals surface area contributed by atoms with Gasteiger partial charge in [0.25, 0.3) is 0 Å². The molecule has 0 spiro atoms. The van der Waals surface area contributed by atoms with Gasteiger partial charge < -0.3 is 10.7 Å². The lowest BCUT2D eigenvalue weighted by atomic mass is 9.96. The molecule has 0 saturated heterocycles. The highest BCUT2D eigenvalue weighted by atomic mass is 15.3. The van der Waals surface area contributed by atoms with E-state index in [1.165, 1.54) is 0 Å². The number of rotatable bonds is 4. The fourth-order valence-corrected chi connectivity index (χ4v) is 1.64. The number of nitrogens with zero attached hydrogens (tertiary/aromatic N) is 3. The van der Waals surface area contributed by atoms with Gasteiger partial charge in [-0.05, 0) is 11.6 Å². The summed E-state index contributed by atoms with van der Waals surface area (Å²) in [7, 11) is 0. The second-order valence-electron chi connectivity index (χ2n) is 5.57. The molecule has 0 unspecified atom stereocenters. The Labute approximate surface area is 118 Å². The first-order valence-electron chi connectivity index (χ1n) is 6.48. The van der Waals surface area contributed by atoms with Gasteiger partial charge in [-0.3, -0.25) is 4.98 Å². The summed E-state index contributed by atoms with van der Waals surface area (Å²) in [4.78, 5) is 13.0. The molecule has 0 fully saturated rings. The van der Waals surface area contributed by atoms with Crippen LogP contribution < -0.4 is 16.6 Å². The molecule has 0 radical (unpaired) electrons. The zero-order valence-electron chi connectivity index (χ0n) is 12.0. The van der Waals surface area contributed by atoms with E-state index in [1.807, 2.05) is 18.3 Å². The van der Waals surface area contributed by atoms with Crippen LogP contribution >= 0.6 is 0 Å². The first-order valence-corrected chi connectivity index (χ1v) is 6.48. The van der Waals surface area contributed by atoms with Gasteiger partial charge in [0, 0.05) is 30.4 Å². The summed E-state index contributed by atoms with van der Waals surface area (Å²) in [6.45, 7) is 6.84. The van der Waals surface area contributed by atoms with Gasteiger partial charge in [0.15, 0.2) is 0 Å². The van der Waals surface area contributed by atoms with Crippen molar-refractivity contribution in [2.75, 3.05) is 10.7 Å². The van der Waals surface area contributed by atoms with Crippen molar-refractivity contribution in [3.8, 4) is 0 Å². The van der Waals surface area contributed by atoms with E-state index in [9.17, 15) is 0 Å². The molecule has 2 heterocycles. The summed E-state index contributed by atoms with van der Waals surface area (Å²) in [5.74, 6) is 7.53. The van der Waals surface area contributed by atoms with E-state index < -0.39 is 0 Å². The fourth-order valence-electron chi connectivity index (χ4n) is 1.64. The molecule has 0 amide bonds. The number of hydrogen-bond acceptors (Lipinski definition) is 6. The molecular weight excluding hydrogens is 252 g/mol. The molecule has 106 valence electrons. The Hall–Kier alpha value is -2.21. The Balaban J connectivity index is 2.19. The summed E-state index contributed by atoms with van der Waals surface area (Å²) < 4.78 is 0. The van der Waals surface area contributed by atoms with Crippen molar-refractivity contribution in [2.45, 2.75) is 32.7 Å². The van der Waals surface area contributed by atoms with Crippen molar-refractivity contribution in [2.24, 2.45) is 5.84 Å². The van der Waals surface area contributed by atoms with Crippen LogP contribution in [0.4, 0.5) is 11.6 Å². The van der Waals surface area contributed by atoms with Crippen molar-refractivity contribution in [1.29, 1.82) is 0 Å². The Bertz CT molecular complexity index is 562. The van der Waals surface area contributed by atoms with Crippen LogP contribution in [0, 0.1) is 0 Å². The Kier molecular flexibility index (Phi) is 4.14. The van der Waals surface area contributed by atoms with E-state index >= 15 is 0 Å². The summed E-state index contributed by atoms with van der Waals surface area (Å²) in [6, 6.07) is 5.70. The fraction of sp³-hybridized carbons (Fsp3) is 0.357. The van der Waals surface area contributed by atoms with Crippen LogP contribution in [0.5, 0.6) is 0 Å². The number of nitrogens with one attached hydrogen (secondary N) is 2. The maximum atomic E-state index is 5.46. The molecule has 2 aromatic heterocycles. The lowest BCUT2D eigenvalue weighted by Gasteiger charge is -2.18. The maximum absolute atomic E-state index is 5.46. The molecule has 6 heteroatoms. The zero-order chi connectivity index (χ0) is 14.6. The number of pyridine rings is 1. The number of anilines is 2. The zero-order valence-corrected chi connectivity index (χ0v) is 12.0. The number of hydrogen-bond donors (Lipinski definition) is 3. The van der Waals surface area contributed by atoms with E-state index in [4.69, 9.17) is 5.84 Å². The van der Waals surface area contributed by atoms with Crippen molar-refractivity contribution in [1.82, 2.24) is 15.0 Å². The van der Waals surface area contributed by atoms with E-state index in [-0.39, 0.29) is 5.41 Å². The van der Waals surface area contributed by atoms with Gasteiger partial charge in [-0.2, -0.15) is 0 Å². The number of nitrogens with two attached hydrogens (primary N) is 1. The summed E-state index contributed by atoms with van der Waals surface area (Å²) in [5.41, 5.74) is 3.52. The standard InChI is InChI=1S/C14H20N6/c1-14(2,3)13-18-11(7-12(19-13)20-15)17-9-10-5-4-6-16-8-10/h4-8H,9,15H2,1-3H3,(H2,17,18,19,20). The Morgan fingerprint density at radius 1 is 1.20 bits per heavy atom. The van der Waals surface area contributed by atoms with Crippen molar-refractivity contribution in [3.63, 3.8) is 0 Å².